The van der Waals surface area contributed by atoms with Crippen LogP contribution in [0.3, 0.4) is 0 Å². The minimum Gasteiger partial charge on any atom is -0.326 e. The summed E-state index contributed by atoms with van der Waals surface area (Å²) in [5, 5.41) is 12.0. The molecule has 1 fully saturated rings. The number of likely N-dealkylation sites (N-methyl/N-ethyl adjacent to an activating group) is 1. The van der Waals surface area contributed by atoms with Gasteiger partial charge in [-0.1, -0.05) is 19.1 Å². The van der Waals surface area contributed by atoms with Gasteiger partial charge in [-0.15, -0.1) is 0 Å². The Labute approximate surface area is 196 Å². The topological polar surface area (TPSA) is 88.0 Å². The first kappa shape index (κ1) is 23.2. The number of nitrogens with zero attached hydrogens (tertiary/aromatic N) is 4. The van der Waals surface area contributed by atoms with Crippen LogP contribution < -0.4 is 5.32 Å². The number of H-pyrrole nitrogens is 1. The van der Waals surface area contributed by atoms with Gasteiger partial charge in [-0.3, -0.25) is 9.69 Å². The number of hydrogen-bond acceptors (Lipinski definition) is 5. The van der Waals surface area contributed by atoms with Crippen molar-refractivity contribution in [2.75, 3.05) is 38.0 Å². The van der Waals surface area contributed by atoms with Crippen LogP contribution in [0.15, 0.2) is 30.5 Å². The number of benzene rings is 1. The number of hydrogen-bond donors (Lipinski definition) is 2. The van der Waals surface area contributed by atoms with E-state index in [4.69, 9.17) is 5.26 Å². The number of nitriles is 1. The fourth-order valence-electron chi connectivity index (χ4n) is 4.86. The van der Waals surface area contributed by atoms with Crippen molar-refractivity contribution in [1.82, 2.24) is 19.8 Å². The largest absolute Gasteiger partial charge is 0.326 e. The quantitative estimate of drug-likeness (QED) is 0.688. The highest BCUT2D eigenvalue weighted by molar-refractivity contribution is 6.03. The van der Waals surface area contributed by atoms with Crippen LogP contribution in [0.5, 0.6) is 0 Å². The Hall–Kier alpha value is -2.95. The fourth-order valence-corrected chi connectivity index (χ4v) is 4.86. The second-order valence-corrected chi connectivity index (χ2v) is 9.43. The molecule has 2 heterocycles. The molecule has 0 unspecified atom stereocenters. The standard InChI is InChI=1S/C26H34N6O/c1-4-31-12-14-32(15-13-31)26(2,3)20-10-11-23(22(16-20)19-8-6-5-7-9-19)30-25(33)24-28-18-21(17-27)29-24/h8,10-11,16,18H,4-7,9,12-15H2,1-3H3,(H,28,29)(H,30,33). The van der Waals surface area contributed by atoms with Crippen molar-refractivity contribution < 1.29 is 4.79 Å². The van der Waals surface area contributed by atoms with E-state index in [0.29, 0.717) is 0 Å². The van der Waals surface area contributed by atoms with Gasteiger partial charge in [0.1, 0.15) is 11.8 Å². The highest BCUT2D eigenvalue weighted by atomic mass is 16.2. The number of aromatic nitrogens is 2. The van der Waals surface area contributed by atoms with Gasteiger partial charge < -0.3 is 15.2 Å². The maximum absolute atomic E-state index is 12.8. The molecule has 1 aromatic heterocycles. The molecule has 1 amide bonds. The van der Waals surface area contributed by atoms with E-state index in [0.717, 1.165) is 63.2 Å². The zero-order valence-corrected chi connectivity index (χ0v) is 19.9. The molecule has 1 aliphatic carbocycles. The third kappa shape index (κ3) is 5.02. The van der Waals surface area contributed by atoms with Crippen LogP contribution >= 0.6 is 0 Å². The van der Waals surface area contributed by atoms with Crippen molar-refractivity contribution in [3.8, 4) is 6.07 Å². The molecule has 2 aromatic rings. The lowest BCUT2D eigenvalue weighted by atomic mass is 9.86. The van der Waals surface area contributed by atoms with Crippen LogP contribution in [0.2, 0.25) is 0 Å². The molecule has 174 valence electrons. The summed E-state index contributed by atoms with van der Waals surface area (Å²) in [6.45, 7) is 12.2. The number of imidazole rings is 1. The second kappa shape index (κ2) is 9.90. The molecule has 2 aliphatic rings. The molecule has 1 aliphatic heterocycles. The summed E-state index contributed by atoms with van der Waals surface area (Å²) in [5.41, 5.74) is 4.61. The lowest BCUT2D eigenvalue weighted by molar-refractivity contribution is 0.0527. The molecule has 7 heteroatoms. The maximum Gasteiger partial charge on any atom is 0.291 e. The first-order valence-corrected chi connectivity index (χ1v) is 12.0. The Balaban J connectivity index is 1.63. The number of aromatic amines is 1. The Bertz CT molecular complexity index is 1070. The molecule has 4 rings (SSSR count). The van der Waals surface area contributed by atoms with Crippen molar-refractivity contribution in [3.05, 3.63) is 53.1 Å². The van der Waals surface area contributed by atoms with Gasteiger partial charge in [0.2, 0.25) is 0 Å². The average Bonchev–Trinajstić information content (AvgIpc) is 3.34. The average molecular weight is 447 g/mol. The predicted molar refractivity (Wildman–Crippen MR) is 131 cm³/mol. The van der Waals surface area contributed by atoms with Crippen LogP contribution in [0.1, 0.15) is 73.9 Å². The zero-order chi connectivity index (χ0) is 23.4. The minimum atomic E-state index is -0.336. The number of allylic oxidation sites excluding steroid dienone is 2. The second-order valence-electron chi connectivity index (χ2n) is 9.43. The van der Waals surface area contributed by atoms with Crippen molar-refractivity contribution in [2.24, 2.45) is 0 Å². The highest BCUT2D eigenvalue weighted by Gasteiger charge is 2.32. The molecular weight excluding hydrogens is 412 g/mol. The number of carbonyl (C=O) groups excluding carboxylic acids is 1. The fraction of sp³-hybridized carbons (Fsp3) is 0.500. The molecule has 0 spiro atoms. The van der Waals surface area contributed by atoms with Gasteiger partial charge in [-0.25, -0.2) is 4.98 Å². The lowest BCUT2D eigenvalue weighted by Crippen LogP contribution is -2.53. The molecule has 0 radical (unpaired) electrons. The van der Waals surface area contributed by atoms with Gasteiger partial charge in [0.05, 0.1) is 6.20 Å². The first-order valence-electron chi connectivity index (χ1n) is 12.0. The first-order chi connectivity index (χ1) is 15.9. The smallest absolute Gasteiger partial charge is 0.291 e. The summed E-state index contributed by atoms with van der Waals surface area (Å²) in [5.74, 6) is -0.190. The van der Waals surface area contributed by atoms with Crippen LogP contribution in [0.4, 0.5) is 5.69 Å². The molecule has 1 aromatic carbocycles. The summed E-state index contributed by atoms with van der Waals surface area (Å²) < 4.78 is 0. The van der Waals surface area contributed by atoms with Crippen LogP contribution in [0.25, 0.3) is 5.57 Å². The molecule has 7 nitrogen and oxygen atoms in total. The number of nitrogens with one attached hydrogen (secondary N) is 2. The molecule has 0 bridgehead atoms. The van der Waals surface area contributed by atoms with E-state index < -0.39 is 0 Å². The Morgan fingerprint density at radius 2 is 2.03 bits per heavy atom. The van der Waals surface area contributed by atoms with E-state index in [2.05, 4.69) is 64.1 Å². The summed E-state index contributed by atoms with van der Waals surface area (Å²) in [7, 11) is 0. The Kier molecular flexibility index (Phi) is 6.96. The maximum atomic E-state index is 12.8. The van der Waals surface area contributed by atoms with Crippen LogP contribution in [-0.4, -0.2) is 58.4 Å². The van der Waals surface area contributed by atoms with Gasteiger partial charge in [0.15, 0.2) is 5.82 Å². The summed E-state index contributed by atoms with van der Waals surface area (Å²) in [4.78, 5) is 24.7. The van der Waals surface area contributed by atoms with E-state index in [1.54, 1.807) is 0 Å². The molecule has 33 heavy (non-hydrogen) atoms. The minimum absolute atomic E-state index is 0.102. The van der Waals surface area contributed by atoms with E-state index in [1.807, 2.05) is 12.1 Å². The zero-order valence-electron chi connectivity index (χ0n) is 19.9. The molecule has 0 atom stereocenters. The van der Waals surface area contributed by atoms with Crippen LogP contribution in [-0.2, 0) is 5.54 Å². The van der Waals surface area contributed by atoms with Gasteiger partial charge in [0, 0.05) is 43.0 Å². The van der Waals surface area contributed by atoms with Crippen molar-refractivity contribution in [3.63, 3.8) is 0 Å². The molecule has 1 saturated heterocycles. The van der Waals surface area contributed by atoms with Gasteiger partial charge >= 0.3 is 0 Å². The number of anilines is 1. The van der Waals surface area contributed by atoms with Crippen molar-refractivity contribution in [1.29, 1.82) is 5.26 Å². The third-order valence-electron chi connectivity index (χ3n) is 7.13. The normalized spacial score (nSPS) is 17.9. The van der Waals surface area contributed by atoms with Gasteiger partial charge in [-0.05, 0) is 69.3 Å². The van der Waals surface area contributed by atoms with E-state index in [-0.39, 0.29) is 23.0 Å². The van der Waals surface area contributed by atoms with Gasteiger partial charge in [-0.2, -0.15) is 5.26 Å². The summed E-state index contributed by atoms with van der Waals surface area (Å²) in [6.07, 6.45) is 8.15. The monoisotopic (exact) mass is 446 g/mol. The number of piperazine rings is 1. The van der Waals surface area contributed by atoms with Crippen molar-refractivity contribution in [2.45, 2.75) is 52.0 Å². The molecule has 2 N–H and O–H groups in total. The van der Waals surface area contributed by atoms with E-state index in [1.165, 1.54) is 23.8 Å². The summed E-state index contributed by atoms with van der Waals surface area (Å²) in [6, 6.07) is 8.40. The third-order valence-corrected chi connectivity index (χ3v) is 7.13. The summed E-state index contributed by atoms with van der Waals surface area (Å²) >= 11 is 0. The van der Waals surface area contributed by atoms with E-state index in [9.17, 15) is 4.79 Å². The van der Waals surface area contributed by atoms with E-state index >= 15 is 0 Å². The Morgan fingerprint density at radius 1 is 1.24 bits per heavy atom. The number of carbonyl (C=O) groups is 1. The molecule has 0 saturated carbocycles. The SMILES string of the molecule is CCN1CCN(C(C)(C)c2ccc(NC(=O)c3ncc(C#N)[nH]3)c(C3=CCCCC3)c2)CC1. The van der Waals surface area contributed by atoms with Gasteiger partial charge in [0.25, 0.3) is 5.91 Å². The van der Waals surface area contributed by atoms with Crippen LogP contribution in [0, 0.1) is 11.3 Å². The lowest BCUT2D eigenvalue weighted by Gasteiger charge is -2.44. The number of amides is 1. The van der Waals surface area contributed by atoms with Crippen molar-refractivity contribution >= 4 is 17.2 Å². The predicted octanol–water partition coefficient (Wildman–Crippen LogP) is 4.36. The molecular formula is C26H34N6O. The number of rotatable bonds is 6. The Morgan fingerprint density at radius 3 is 2.67 bits per heavy atom. The highest BCUT2D eigenvalue weighted by Crippen LogP contribution is 2.37.